The molecule has 2 aromatic carbocycles. The summed E-state index contributed by atoms with van der Waals surface area (Å²) >= 11 is 12.0. The zero-order chi connectivity index (χ0) is 20.3. The minimum Gasteiger partial charge on any atom is -0.491 e. The quantitative estimate of drug-likeness (QED) is 0.637. The summed E-state index contributed by atoms with van der Waals surface area (Å²) in [6.45, 7) is 1.39. The highest BCUT2D eigenvalue weighted by atomic mass is 35.5. The van der Waals surface area contributed by atoms with Gasteiger partial charge in [-0.1, -0.05) is 23.2 Å². The normalized spacial score (nSPS) is 12.0. The predicted molar refractivity (Wildman–Crippen MR) is 108 cm³/mol. The summed E-state index contributed by atoms with van der Waals surface area (Å²) in [5.41, 5.74) is 0.650. The van der Waals surface area contributed by atoms with Crippen molar-refractivity contribution < 1.29 is 14.6 Å². The molecular formula is C19H17Cl2N3O4. The molecule has 1 heterocycles. The second-order valence-electron chi connectivity index (χ2n) is 6.16. The lowest BCUT2D eigenvalue weighted by molar-refractivity contribution is -0.114. The van der Waals surface area contributed by atoms with E-state index in [1.54, 1.807) is 24.3 Å². The van der Waals surface area contributed by atoms with E-state index in [-0.39, 0.29) is 30.0 Å². The van der Waals surface area contributed by atoms with Crippen molar-refractivity contribution in [3.05, 3.63) is 63.1 Å². The third kappa shape index (κ3) is 4.81. The molecule has 0 saturated carbocycles. The molecule has 3 aromatic rings. The van der Waals surface area contributed by atoms with E-state index in [0.29, 0.717) is 27.0 Å². The fraction of sp³-hybridized carbons (Fsp3) is 0.211. The number of carbonyl (C=O) groups is 1. The van der Waals surface area contributed by atoms with Gasteiger partial charge in [0.25, 0.3) is 5.56 Å². The standard InChI is InChI=1S/C19H17Cl2N3O4/c1-11(25)23-13-2-4-15(5-3-13)28-9-14(26)8-24-10-22-18-16(19(24)27)6-12(20)7-17(18)21/h2-7,10,14,26H,8-9H2,1H3,(H,23,25)/t14-/m1/s1. The van der Waals surface area contributed by atoms with Gasteiger partial charge in [0.05, 0.1) is 28.8 Å². The molecule has 0 saturated heterocycles. The van der Waals surface area contributed by atoms with Gasteiger partial charge in [0.2, 0.25) is 5.91 Å². The lowest BCUT2D eigenvalue weighted by Crippen LogP contribution is -2.30. The van der Waals surface area contributed by atoms with Crippen LogP contribution in [0.5, 0.6) is 5.75 Å². The number of fused-ring (bicyclic) bond motifs is 1. The van der Waals surface area contributed by atoms with Crippen molar-refractivity contribution in [3.8, 4) is 5.75 Å². The maximum absolute atomic E-state index is 12.6. The SMILES string of the molecule is CC(=O)Nc1ccc(OC[C@H](O)Cn2cnc3c(Cl)cc(Cl)cc3c2=O)cc1. The maximum Gasteiger partial charge on any atom is 0.261 e. The first kappa shape index (κ1) is 20.1. The van der Waals surface area contributed by atoms with Crippen molar-refractivity contribution in [2.24, 2.45) is 0 Å². The number of carbonyl (C=O) groups excluding carboxylic acids is 1. The Labute approximate surface area is 170 Å². The molecule has 28 heavy (non-hydrogen) atoms. The van der Waals surface area contributed by atoms with E-state index in [2.05, 4.69) is 10.3 Å². The number of nitrogens with one attached hydrogen (secondary N) is 1. The van der Waals surface area contributed by atoms with E-state index in [9.17, 15) is 14.7 Å². The fourth-order valence-corrected chi connectivity index (χ4v) is 3.18. The molecule has 0 bridgehead atoms. The van der Waals surface area contributed by atoms with Crippen LogP contribution in [0.2, 0.25) is 10.0 Å². The molecule has 0 spiro atoms. The molecule has 1 aromatic heterocycles. The van der Waals surface area contributed by atoms with Gasteiger partial charge in [-0.15, -0.1) is 0 Å². The van der Waals surface area contributed by atoms with Gasteiger partial charge in [0.15, 0.2) is 0 Å². The van der Waals surface area contributed by atoms with Crippen molar-refractivity contribution in [3.63, 3.8) is 0 Å². The molecule has 0 fully saturated rings. The highest BCUT2D eigenvalue weighted by molar-refractivity contribution is 6.38. The number of hydrogen-bond acceptors (Lipinski definition) is 5. The number of ether oxygens (including phenoxy) is 1. The van der Waals surface area contributed by atoms with E-state index < -0.39 is 6.10 Å². The van der Waals surface area contributed by atoms with Crippen LogP contribution in [-0.4, -0.2) is 33.3 Å². The number of halogens is 2. The second-order valence-corrected chi connectivity index (χ2v) is 7.00. The van der Waals surface area contributed by atoms with E-state index in [1.807, 2.05) is 0 Å². The van der Waals surface area contributed by atoms with Crippen LogP contribution in [0.3, 0.4) is 0 Å². The second kappa shape index (κ2) is 8.60. The van der Waals surface area contributed by atoms with Crippen LogP contribution < -0.4 is 15.6 Å². The Morgan fingerprint density at radius 2 is 2.00 bits per heavy atom. The van der Waals surface area contributed by atoms with Gasteiger partial charge in [-0.25, -0.2) is 4.98 Å². The summed E-state index contributed by atoms with van der Waals surface area (Å²) < 4.78 is 6.81. The molecule has 1 atom stereocenters. The summed E-state index contributed by atoms with van der Waals surface area (Å²) in [6, 6.07) is 9.73. The predicted octanol–water partition coefficient (Wildman–Crippen LogP) is 3.10. The molecule has 0 radical (unpaired) electrons. The first-order chi connectivity index (χ1) is 13.3. The van der Waals surface area contributed by atoms with Crippen molar-refractivity contribution in [2.75, 3.05) is 11.9 Å². The Kier molecular flexibility index (Phi) is 6.18. The average molecular weight is 422 g/mol. The van der Waals surface area contributed by atoms with Crippen LogP contribution in [0, 0.1) is 0 Å². The number of anilines is 1. The third-order valence-electron chi connectivity index (χ3n) is 3.87. The molecule has 0 aliphatic heterocycles. The smallest absolute Gasteiger partial charge is 0.261 e. The molecule has 0 aliphatic rings. The van der Waals surface area contributed by atoms with Gasteiger partial charge >= 0.3 is 0 Å². The Bertz CT molecular complexity index is 1070. The number of benzene rings is 2. The number of hydrogen-bond donors (Lipinski definition) is 2. The Morgan fingerprint density at radius 3 is 2.68 bits per heavy atom. The molecule has 9 heteroatoms. The monoisotopic (exact) mass is 421 g/mol. The number of rotatable bonds is 6. The zero-order valence-electron chi connectivity index (χ0n) is 14.9. The van der Waals surface area contributed by atoms with Gasteiger partial charge in [-0.2, -0.15) is 0 Å². The summed E-state index contributed by atoms with van der Waals surface area (Å²) in [7, 11) is 0. The van der Waals surface area contributed by atoms with Crippen molar-refractivity contribution in [2.45, 2.75) is 19.6 Å². The first-order valence-corrected chi connectivity index (χ1v) is 9.12. The zero-order valence-corrected chi connectivity index (χ0v) is 16.4. The Balaban J connectivity index is 1.66. The van der Waals surface area contributed by atoms with Gasteiger partial charge in [-0.05, 0) is 36.4 Å². The van der Waals surface area contributed by atoms with Crippen LogP contribution in [0.15, 0.2) is 47.5 Å². The topological polar surface area (TPSA) is 93.4 Å². The molecule has 3 rings (SSSR count). The molecule has 146 valence electrons. The highest BCUT2D eigenvalue weighted by Gasteiger charge is 2.12. The highest BCUT2D eigenvalue weighted by Crippen LogP contribution is 2.24. The number of aliphatic hydroxyl groups is 1. The van der Waals surface area contributed by atoms with Crippen LogP contribution in [-0.2, 0) is 11.3 Å². The minimum atomic E-state index is -0.943. The largest absolute Gasteiger partial charge is 0.491 e. The van der Waals surface area contributed by atoms with Gasteiger partial charge in [0, 0.05) is 17.6 Å². The maximum atomic E-state index is 12.6. The Hall–Kier alpha value is -2.61. The van der Waals surface area contributed by atoms with Gasteiger partial charge < -0.3 is 15.2 Å². The molecule has 7 nitrogen and oxygen atoms in total. The van der Waals surface area contributed by atoms with Crippen molar-refractivity contribution in [1.82, 2.24) is 9.55 Å². The van der Waals surface area contributed by atoms with Crippen LogP contribution in [0.25, 0.3) is 10.9 Å². The molecular weight excluding hydrogens is 405 g/mol. The lowest BCUT2D eigenvalue weighted by atomic mass is 10.2. The summed E-state index contributed by atoms with van der Waals surface area (Å²) in [4.78, 5) is 27.8. The van der Waals surface area contributed by atoms with Crippen molar-refractivity contribution >= 4 is 45.7 Å². The molecule has 2 N–H and O–H groups in total. The van der Waals surface area contributed by atoms with Crippen LogP contribution in [0.4, 0.5) is 5.69 Å². The fourth-order valence-electron chi connectivity index (χ4n) is 2.63. The molecule has 0 unspecified atom stereocenters. The summed E-state index contributed by atoms with van der Waals surface area (Å²) in [5, 5.41) is 13.8. The van der Waals surface area contributed by atoms with E-state index in [4.69, 9.17) is 27.9 Å². The van der Waals surface area contributed by atoms with E-state index >= 15 is 0 Å². The lowest BCUT2D eigenvalue weighted by Gasteiger charge is -2.14. The Morgan fingerprint density at radius 1 is 1.29 bits per heavy atom. The van der Waals surface area contributed by atoms with E-state index in [0.717, 1.165) is 0 Å². The first-order valence-electron chi connectivity index (χ1n) is 8.36. The summed E-state index contributed by atoms with van der Waals surface area (Å²) in [5.74, 6) is 0.358. The average Bonchev–Trinajstić information content (AvgIpc) is 2.63. The third-order valence-corrected chi connectivity index (χ3v) is 4.38. The number of aliphatic hydroxyl groups excluding tert-OH is 1. The van der Waals surface area contributed by atoms with Gasteiger partial charge in [0.1, 0.15) is 18.5 Å². The molecule has 0 aliphatic carbocycles. The summed E-state index contributed by atoms with van der Waals surface area (Å²) in [6.07, 6.45) is 0.386. The minimum absolute atomic E-state index is 0.00409. The van der Waals surface area contributed by atoms with Crippen LogP contribution >= 0.6 is 23.2 Å². The number of amides is 1. The number of nitrogens with zero attached hydrogens (tertiary/aromatic N) is 2. The van der Waals surface area contributed by atoms with Crippen molar-refractivity contribution in [1.29, 1.82) is 0 Å². The van der Waals surface area contributed by atoms with Crippen LogP contribution in [0.1, 0.15) is 6.92 Å². The number of aromatic nitrogens is 2. The molecule has 1 amide bonds. The van der Waals surface area contributed by atoms with E-state index in [1.165, 1.54) is 30.0 Å². The van der Waals surface area contributed by atoms with Gasteiger partial charge in [-0.3, -0.25) is 14.2 Å².